The Labute approximate surface area is 131 Å². The Balaban J connectivity index is 1.68. The van der Waals surface area contributed by atoms with Crippen LogP contribution in [0.25, 0.3) is 0 Å². The van der Waals surface area contributed by atoms with Gasteiger partial charge in [0, 0.05) is 12.0 Å². The predicted molar refractivity (Wildman–Crippen MR) is 84.0 cm³/mol. The van der Waals surface area contributed by atoms with Crippen LogP contribution in [0.4, 0.5) is 0 Å². The summed E-state index contributed by atoms with van der Waals surface area (Å²) in [5, 5.41) is 2.98. The number of rotatable bonds is 4. The minimum atomic E-state index is -0.152. The van der Waals surface area contributed by atoms with Crippen molar-refractivity contribution in [3.05, 3.63) is 56.2 Å². The summed E-state index contributed by atoms with van der Waals surface area (Å²) in [6.45, 7) is 0.639. The fourth-order valence-electron chi connectivity index (χ4n) is 2.35. The lowest BCUT2D eigenvalue weighted by Crippen LogP contribution is -2.32. The highest BCUT2D eigenvalue weighted by molar-refractivity contribution is 7.20. The van der Waals surface area contributed by atoms with Crippen molar-refractivity contribution in [1.29, 1.82) is 0 Å². The second-order valence-corrected chi connectivity index (χ2v) is 7.35. The first-order valence-electron chi connectivity index (χ1n) is 6.39. The van der Waals surface area contributed by atoms with E-state index in [-0.39, 0.29) is 11.3 Å². The summed E-state index contributed by atoms with van der Waals surface area (Å²) in [4.78, 5) is 12.1. The molecule has 1 fully saturated rings. The zero-order chi connectivity index (χ0) is 14.2. The molecule has 2 nitrogen and oxygen atoms in total. The van der Waals surface area contributed by atoms with Crippen molar-refractivity contribution in [3.63, 3.8) is 0 Å². The summed E-state index contributed by atoms with van der Waals surface area (Å²) in [6.07, 6.45) is 2.21. The summed E-state index contributed by atoms with van der Waals surface area (Å²) in [5.74, 6) is -0.152. The van der Waals surface area contributed by atoms with Gasteiger partial charge < -0.3 is 5.32 Å². The molecule has 1 aromatic carbocycles. The Kier molecular flexibility index (Phi) is 3.76. The third-order valence-corrected chi connectivity index (χ3v) is 5.22. The molecule has 0 aliphatic heterocycles. The van der Waals surface area contributed by atoms with Gasteiger partial charge in [0.15, 0.2) is 0 Å². The van der Waals surface area contributed by atoms with E-state index in [1.165, 1.54) is 16.9 Å². The van der Waals surface area contributed by atoms with E-state index < -0.39 is 0 Å². The normalized spacial score (nSPS) is 15.9. The van der Waals surface area contributed by atoms with Gasteiger partial charge in [0.1, 0.15) is 4.34 Å². The van der Waals surface area contributed by atoms with Crippen molar-refractivity contribution < 1.29 is 4.79 Å². The molecular formula is C15H13Cl2NOS. The molecule has 1 aliphatic carbocycles. The van der Waals surface area contributed by atoms with Crippen molar-refractivity contribution in [2.45, 2.75) is 18.3 Å². The smallest absolute Gasteiger partial charge is 0.253 e. The zero-order valence-corrected chi connectivity index (χ0v) is 13.0. The van der Waals surface area contributed by atoms with Crippen LogP contribution in [-0.4, -0.2) is 12.5 Å². The fraction of sp³-hybridized carbons (Fsp3) is 0.267. The topological polar surface area (TPSA) is 29.1 Å². The maximum Gasteiger partial charge on any atom is 0.253 e. The molecule has 5 heteroatoms. The van der Waals surface area contributed by atoms with Gasteiger partial charge in [-0.25, -0.2) is 0 Å². The molecule has 1 aliphatic rings. The Morgan fingerprint density at radius 2 is 1.95 bits per heavy atom. The van der Waals surface area contributed by atoms with E-state index in [1.807, 2.05) is 18.2 Å². The van der Waals surface area contributed by atoms with Crippen molar-refractivity contribution in [1.82, 2.24) is 5.32 Å². The van der Waals surface area contributed by atoms with Crippen LogP contribution in [-0.2, 0) is 5.41 Å². The molecule has 1 heterocycles. The Morgan fingerprint density at radius 3 is 2.50 bits per heavy atom. The average Bonchev–Trinajstić information content (AvgIpc) is 3.17. The summed E-state index contributed by atoms with van der Waals surface area (Å²) in [5.41, 5.74) is 1.85. The number of carbonyl (C=O) groups excluding carboxylic acids is 1. The van der Waals surface area contributed by atoms with Crippen molar-refractivity contribution >= 4 is 40.4 Å². The number of halogens is 2. The van der Waals surface area contributed by atoms with E-state index in [1.54, 1.807) is 6.07 Å². The molecule has 20 heavy (non-hydrogen) atoms. The van der Waals surface area contributed by atoms with Gasteiger partial charge in [0.2, 0.25) is 0 Å². The van der Waals surface area contributed by atoms with Gasteiger partial charge in [-0.3, -0.25) is 4.79 Å². The maximum absolute atomic E-state index is 12.1. The van der Waals surface area contributed by atoms with Gasteiger partial charge >= 0.3 is 0 Å². The summed E-state index contributed by atoms with van der Waals surface area (Å²) in [7, 11) is 0. The summed E-state index contributed by atoms with van der Waals surface area (Å²) >= 11 is 13.1. The van der Waals surface area contributed by atoms with Crippen molar-refractivity contribution in [3.8, 4) is 0 Å². The Morgan fingerprint density at radius 1 is 1.25 bits per heavy atom. The second-order valence-electron chi connectivity index (χ2n) is 5.07. The molecule has 0 radical (unpaired) electrons. The van der Waals surface area contributed by atoms with E-state index in [4.69, 9.17) is 23.2 Å². The van der Waals surface area contributed by atoms with E-state index in [0.717, 1.165) is 12.8 Å². The number of nitrogens with one attached hydrogen (secondary N) is 1. The zero-order valence-electron chi connectivity index (χ0n) is 10.7. The SMILES string of the molecule is O=C(NCC1(c2ccccc2)CC1)c1cc(Cl)sc1Cl. The number of hydrogen-bond acceptors (Lipinski definition) is 2. The van der Waals surface area contributed by atoms with Crippen LogP contribution in [0.1, 0.15) is 28.8 Å². The lowest BCUT2D eigenvalue weighted by molar-refractivity contribution is 0.0950. The van der Waals surface area contributed by atoms with Gasteiger partial charge in [-0.15, -0.1) is 11.3 Å². The number of amides is 1. The third kappa shape index (κ3) is 2.71. The molecule has 104 valence electrons. The monoisotopic (exact) mass is 325 g/mol. The molecule has 1 saturated carbocycles. The van der Waals surface area contributed by atoms with Crippen LogP contribution in [0, 0.1) is 0 Å². The number of benzene rings is 1. The number of thiophene rings is 1. The molecule has 2 aromatic rings. The van der Waals surface area contributed by atoms with E-state index in [9.17, 15) is 4.79 Å². The first kappa shape index (κ1) is 13.9. The second kappa shape index (κ2) is 5.40. The molecule has 3 rings (SSSR count). The maximum atomic E-state index is 12.1. The Bertz CT molecular complexity index is 635. The number of carbonyl (C=O) groups is 1. The number of hydrogen-bond donors (Lipinski definition) is 1. The van der Waals surface area contributed by atoms with Gasteiger partial charge in [0.25, 0.3) is 5.91 Å². The highest BCUT2D eigenvalue weighted by atomic mass is 35.5. The van der Waals surface area contributed by atoms with Gasteiger partial charge in [-0.1, -0.05) is 53.5 Å². The van der Waals surface area contributed by atoms with E-state index in [2.05, 4.69) is 17.4 Å². The molecule has 0 atom stereocenters. The highest BCUT2D eigenvalue weighted by Gasteiger charge is 2.44. The van der Waals surface area contributed by atoms with Gasteiger partial charge in [-0.05, 0) is 24.5 Å². The van der Waals surface area contributed by atoms with Gasteiger partial charge in [0.05, 0.1) is 9.90 Å². The molecule has 0 bridgehead atoms. The lowest BCUT2D eigenvalue weighted by Gasteiger charge is -2.16. The third-order valence-electron chi connectivity index (χ3n) is 3.73. The minimum Gasteiger partial charge on any atom is -0.351 e. The van der Waals surface area contributed by atoms with Crippen LogP contribution in [0.3, 0.4) is 0 Å². The Hall–Kier alpha value is -1.03. The molecular weight excluding hydrogens is 313 g/mol. The standard InChI is InChI=1S/C15H13Cl2NOS/c16-12-8-11(13(17)20-12)14(19)18-9-15(6-7-15)10-4-2-1-3-5-10/h1-5,8H,6-7,9H2,(H,18,19). The lowest BCUT2D eigenvalue weighted by atomic mass is 9.96. The first-order chi connectivity index (χ1) is 9.61. The van der Waals surface area contributed by atoms with Gasteiger partial charge in [-0.2, -0.15) is 0 Å². The van der Waals surface area contributed by atoms with Crippen molar-refractivity contribution in [2.75, 3.05) is 6.54 Å². The summed E-state index contributed by atoms with van der Waals surface area (Å²) in [6, 6.07) is 11.9. The average molecular weight is 326 g/mol. The molecule has 0 unspecified atom stereocenters. The molecule has 1 N–H and O–H groups in total. The predicted octanol–water partition coefficient (Wildman–Crippen LogP) is 4.52. The van der Waals surface area contributed by atoms with Crippen LogP contribution in [0.5, 0.6) is 0 Å². The fourth-order valence-corrected chi connectivity index (χ4v) is 3.81. The van der Waals surface area contributed by atoms with Crippen LogP contribution >= 0.6 is 34.5 Å². The largest absolute Gasteiger partial charge is 0.351 e. The molecule has 1 aromatic heterocycles. The van der Waals surface area contributed by atoms with E-state index in [0.29, 0.717) is 20.8 Å². The van der Waals surface area contributed by atoms with Crippen LogP contribution < -0.4 is 5.32 Å². The minimum absolute atomic E-state index is 0.100. The molecule has 0 spiro atoms. The molecule has 1 amide bonds. The van der Waals surface area contributed by atoms with Crippen LogP contribution in [0.15, 0.2) is 36.4 Å². The first-order valence-corrected chi connectivity index (χ1v) is 7.97. The molecule has 0 saturated heterocycles. The van der Waals surface area contributed by atoms with E-state index >= 15 is 0 Å². The highest BCUT2D eigenvalue weighted by Crippen LogP contribution is 2.47. The van der Waals surface area contributed by atoms with Crippen molar-refractivity contribution in [2.24, 2.45) is 0 Å². The summed E-state index contributed by atoms with van der Waals surface area (Å²) < 4.78 is 0.974. The quantitative estimate of drug-likeness (QED) is 0.879. The van der Waals surface area contributed by atoms with Crippen LogP contribution in [0.2, 0.25) is 8.67 Å².